The zero-order chi connectivity index (χ0) is 13.7. The average Bonchev–Trinajstić information content (AvgIpc) is 2.46. The fourth-order valence-corrected chi connectivity index (χ4v) is 2.03. The maximum absolute atomic E-state index is 12.2. The Morgan fingerprint density at radius 1 is 1.58 bits per heavy atom. The third-order valence-electron chi connectivity index (χ3n) is 3.08. The molecular weight excluding hydrogens is 244 g/mol. The van der Waals surface area contributed by atoms with E-state index in [1.54, 1.807) is 6.07 Å². The van der Waals surface area contributed by atoms with Crippen molar-refractivity contribution in [2.75, 3.05) is 26.3 Å². The number of hydrogen-bond donors (Lipinski definition) is 2. The second-order valence-electron chi connectivity index (χ2n) is 4.64. The fourth-order valence-electron chi connectivity index (χ4n) is 2.03. The number of carbonyl (C=O) groups excluding carboxylic acids is 1. The molecule has 1 aliphatic heterocycles. The van der Waals surface area contributed by atoms with Crippen LogP contribution in [-0.4, -0.2) is 48.4 Å². The summed E-state index contributed by atoms with van der Waals surface area (Å²) in [6.45, 7) is 6.55. The lowest BCUT2D eigenvalue weighted by Gasteiger charge is -2.24. The molecule has 6 heteroatoms. The van der Waals surface area contributed by atoms with Gasteiger partial charge in [0.2, 0.25) is 0 Å². The minimum Gasteiger partial charge on any atom is -0.378 e. The Kier molecular flexibility index (Phi) is 4.81. The van der Waals surface area contributed by atoms with Crippen LogP contribution >= 0.6 is 0 Å². The van der Waals surface area contributed by atoms with E-state index in [1.165, 1.54) is 0 Å². The summed E-state index contributed by atoms with van der Waals surface area (Å²) >= 11 is 0. The molecular formula is C13H20N4O2. The molecule has 2 heterocycles. The summed E-state index contributed by atoms with van der Waals surface area (Å²) in [6.07, 6.45) is 0.695. The highest BCUT2D eigenvalue weighted by atomic mass is 16.5. The molecule has 1 amide bonds. The van der Waals surface area contributed by atoms with Crippen LogP contribution in [0.1, 0.15) is 28.7 Å². The maximum Gasteiger partial charge on any atom is 0.253 e. The van der Waals surface area contributed by atoms with Crippen molar-refractivity contribution < 1.29 is 9.53 Å². The molecule has 1 aromatic heterocycles. The van der Waals surface area contributed by atoms with E-state index in [4.69, 9.17) is 4.74 Å². The molecule has 2 rings (SSSR count). The number of morpholine rings is 1. The number of nitrogens with one attached hydrogen (secondary N) is 2. The second-order valence-corrected chi connectivity index (χ2v) is 4.64. The van der Waals surface area contributed by atoms with Gasteiger partial charge in [-0.15, -0.1) is 0 Å². The number of carbonyl (C=O) groups is 1. The first-order valence-corrected chi connectivity index (χ1v) is 6.63. The van der Waals surface area contributed by atoms with Crippen LogP contribution in [0.4, 0.5) is 0 Å². The minimum atomic E-state index is -0.0952. The quantitative estimate of drug-likeness (QED) is 0.804. The van der Waals surface area contributed by atoms with Crippen molar-refractivity contribution in [1.29, 1.82) is 0 Å². The topological polar surface area (TPSA) is 76.1 Å². The Hall–Kier alpha value is -1.53. The Morgan fingerprint density at radius 3 is 3.11 bits per heavy atom. The molecule has 19 heavy (non-hydrogen) atoms. The van der Waals surface area contributed by atoms with Gasteiger partial charge in [0, 0.05) is 19.1 Å². The largest absolute Gasteiger partial charge is 0.378 e. The highest BCUT2D eigenvalue weighted by Gasteiger charge is 2.16. The van der Waals surface area contributed by atoms with Crippen molar-refractivity contribution in [1.82, 2.24) is 20.8 Å². The Labute approximate surface area is 112 Å². The van der Waals surface area contributed by atoms with Crippen LogP contribution in [0.25, 0.3) is 0 Å². The molecule has 1 aromatic rings. The van der Waals surface area contributed by atoms with Gasteiger partial charge in [-0.1, -0.05) is 6.92 Å². The van der Waals surface area contributed by atoms with E-state index in [0.29, 0.717) is 25.1 Å². The van der Waals surface area contributed by atoms with Gasteiger partial charge < -0.3 is 15.4 Å². The lowest BCUT2D eigenvalue weighted by molar-refractivity contribution is 0.0734. The molecule has 0 bridgehead atoms. The summed E-state index contributed by atoms with van der Waals surface area (Å²) in [5.74, 6) is -0.0952. The Morgan fingerprint density at radius 2 is 2.42 bits per heavy atom. The van der Waals surface area contributed by atoms with Crippen LogP contribution in [0.5, 0.6) is 0 Å². The van der Waals surface area contributed by atoms with Gasteiger partial charge in [0.25, 0.3) is 5.91 Å². The van der Waals surface area contributed by atoms with E-state index >= 15 is 0 Å². The number of hydrogen-bond acceptors (Lipinski definition) is 5. The second kappa shape index (κ2) is 6.58. The van der Waals surface area contributed by atoms with Gasteiger partial charge in [-0.05, 0) is 19.4 Å². The number of aryl methyl sites for hydroxylation is 2. The van der Waals surface area contributed by atoms with E-state index in [9.17, 15) is 4.79 Å². The predicted molar refractivity (Wildman–Crippen MR) is 71.1 cm³/mol. The van der Waals surface area contributed by atoms with Crippen LogP contribution in [-0.2, 0) is 11.2 Å². The van der Waals surface area contributed by atoms with Crippen molar-refractivity contribution in [2.45, 2.75) is 26.3 Å². The molecule has 104 valence electrons. The first-order valence-electron chi connectivity index (χ1n) is 6.63. The summed E-state index contributed by atoms with van der Waals surface area (Å²) in [5.41, 5.74) is 2.10. The van der Waals surface area contributed by atoms with Crippen molar-refractivity contribution >= 4 is 5.91 Å². The molecule has 0 radical (unpaired) electrons. The summed E-state index contributed by atoms with van der Waals surface area (Å²) in [4.78, 5) is 12.2. The number of ether oxygens (including phenoxy) is 1. The van der Waals surface area contributed by atoms with Gasteiger partial charge in [0.15, 0.2) is 0 Å². The zero-order valence-corrected chi connectivity index (χ0v) is 11.4. The summed E-state index contributed by atoms with van der Waals surface area (Å²) in [6, 6.07) is 1.96. The number of rotatable bonds is 4. The number of amides is 1. The van der Waals surface area contributed by atoms with Gasteiger partial charge in [-0.3, -0.25) is 4.79 Å². The van der Waals surface area contributed by atoms with E-state index < -0.39 is 0 Å². The molecule has 0 aliphatic carbocycles. The third-order valence-corrected chi connectivity index (χ3v) is 3.08. The predicted octanol–water partition coefficient (Wildman–Crippen LogP) is 0.0656. The van der Waals surface area contributed by atoms with Crippen LogP contribution in [0.2, 0.25) is 0 Å². The zero-order valence-electron chi connectivity index (χ0n) is 11.4. The SMILES string of the molecule is CCc1nnc(C)cc1C(=O)NCC1COCCN1. The van der Waals surface area contributed by atoms with Crippen LogP contribution in [0.3, 0.4) is 0 Å². The molecule has 1 saturated heterocycles. The van der Waals surface area contributed by atoms with Crippen molar-refractivity contribution in [2.24, 2.45) is 0 Å². The molecule has 1 aliphatic rings. The van der Waals surface area contributed by atoms with Gasteiger partial charge in [0.1, 0.15) is 0 Å². The van der Waals surface area contributed by atoms with Gasteiger partial charge >= 0.3 is 0 Å². The first-order chi connectivity index (χ1) is 9.20. The maximum atomic E-state index is 12.2. The average molecular weight is 264 g/mol. The monoisotopic (exact) mass is 264 g/mol. The smallest absolute Gasteiger partial charge is 0.253 e. The molecule has 0 aromatic carbocycles. The van der Waals surface area contributed by atoms with Crippen molar-refractivity contribution in [3.63, 3.8) is 0 Å². The number of aromatic nitrogens is 2. The molecule has 1 unspecified atom stereocenters. The van der Waals surface area contributed by atoms with Crippen LogP contribution in [0, 0.1) is 6.92 Å². The van der Waals surface area contributed by atoms with Crippen LogP contribution in [0.15, 0.2) is 6.07 Å². The third kappa shape index (κ3) is 3.71. The summed E-state index contributed by atoms with van der Waals surface area (Å²) in [7, 11) is 0. The summed E-state index contributed by atoms with van der Waals surface area (Å²) < 4.78 is 5.35. The molecule has 1 atom stereocenters. The van der Waals surface area contributed by atoms with E-state index in [1.807, 2.05) is 13.8 Å². The van der Waals surface area contributed by atoms with E-state index in [0.717, 1.165) is 24.5 Å². The Balaban J connectivity index is 1.97. The molecule has 2 N–H and O–H groups in total. The van der Waals surface area contributed by atoms with Gasteiger partial charge in [0.05, 0.1) is 30.2 Å². The highest BCUT2D eigenvalue weighted by molar-refractivity contribution is 5.95. The summed E-state index contributed by atoms with van der Waals surface area (Å²) in [5, 5.41) is 14.3. The van der Waals surface area contributed by atoms with E-state index in [-0.39, 0.29) is 11.9 Å². The van der Waals surface area contributed by atoms with Crippen LogP contribution < -0.4 is 10.6 Å². The molecule has 0 saturated carbocycles. The minimum absolute atomic E-state index is 0.0952. The van der Waals surface area contributed by atoms with Crippen molar-refractivity contribution in [3.8, 4) is 0 Å². The lowest BCUT2D eigenvalue weighted by Crippen LogP contribution is -2.48. The Bertz CT molecular complexity index is 444. The number of nitrogens with zero attached hydrogens (tertiary/aromatic N) is 2. The van der Waals surface area contributed by atoms with Gasteiger partial charge in [-0.2, -0.15) is 10.2 Å². The fraction of sp³-hybridized carbons (Fsp3) is 0.615. The lowest BCUT2D eigenvalue weighted by atomic mass is 10.1. The molecule has 1 fully saturated rings. The molecule has 0 spiro atoms. The van der Waals surface area contributed by atoms with E-state index in [2.05, 4.69) is 20.8 Å². The molecule has 6 nitrogen and oxygen atoms in total. The first kappa shape index (κ1) is 13.9. The van der Waals surface area contributed by atoms with Gasteiger partial charge in [-0.25, -0.2) is 0 Å². The standard InChI is InChI=1S/C13H20N4O2/c1-3-12-11(6-9(2)16-17-12)13(18)15-7-10-8-19-5-4-14-10/h6,10,14H,3-5,7-8H2,1-2H3,(H,15,18). The highest BCUT2D eigenvalue weighted by Crippen LogP contribution is 2.07. The normalized spacial score (nSPS) is 19.2. The van der Waals surface area contributed by atoms with Crippen molar-refractivity contribution in [3.05, 3.63) is 23.0 Å².